The van der Waals surface area contributed by atoms with Crippen LogP contribution in [0.2, 0.25) is 0 Å². The van der Waals surface area contributed by atoms with E-state index in [4.69, 9.17) is 0 Å². The Morgan fingerprint density at radius 1 is 1.04 bits per heavy atom. The van der Waals surface area contributed by atoms with E-state index in [9.17, 15) is 18.0 Å². The first-order valence-electron chi connectivity index (χ1n) is 9.28. The van der Waals surface area contributed by atoms with Crippen molar-refractivity contribution in [2.45, 2.75) is 25.6 Å². The fraction of sp³-hybridized carbons (Fsp3) is 0.333. The van der Waals surface area contributed by atoms with Gasteiger partial charge in [-0.25, -0.2) is 4.98 Å². The second-order valence-electron chi connectivity index (χ2n) is 7.20. The topological polar surface area (TPSA) is 38.1 Å². The molecule has 0 unspecified atom stereocenters. The summed E-state index contributed by atoms with van der Waals surface area (Å²) >= 11 is 0. The minimum atomic E-state index is -4.39. The molecule has 2 heterocycles. The predicted molar refractivity (Wildman–Crippen MR) is 99.8 cm³/mol. The van der Waals surface area contributed by atoms with Crippen molar-refractivity contribution in [2.75, 3.05) is 13.1 Å². The van der Waals surface area contributed by atoms with Crippen molar-refractivity contribution in [1.29, 1.82) is 0 Å². The highest BCUT2D eigenvalue weighted by Crippen LogP contribution is 2.29. The van der Waals surface area contributed by atoms with Gasteiger partial charge in [0.05, 0.1) is 22.9 Å². The monoisotopic (exact) mass is 387 g/mol. The number of carbonyl (C=O) groups is 1. The maximum absolute atomic E-state index is 12.7. The minimum Gasteiger partial charge on any atom is -0.339 e. The fourth-order valence-corrected chi connectivity index (χ4v) is 3.74. The molecule has 4 rings (SSSR count). The van der Waals surface area contributed by atoms with Crippen LogP contribution in [0.4, 0.5) is 13.2 Å². The number of nitrogens with zero attached hydrogens (tertiary/aromatic N) is 3. The summed E-state index contributed by atoms with van der Waals surface area (Å²) in [4.78, 5) is 18.7. The number of imidazole rings is 1. The number of hydrogen-bond donors (Lipinski definition) is 0. The highest BCUT2D eigenvalue weighted by Gasteiger charge is 2.31. The molecule has 146 valence electrons. The van der Waals surface area contributed by atoms with Crippen molar-refractivity contribution in [3.8, 4) is 0 Å². The maximum Gasteiger partial charge on any atom is 0.416 e. The van der Waals surface area contributed by atoms with E-state index in [-0.39, 0.29) is 5.91 Å². The predicted octanol–water partition coefficient (Wildman–Crippen LogP) is 4.61. The van der Waals surface area contributed by atoms with Gasteiger partial charge in [0.2, 0.25) is 0 Å². The molecule has 1 aliphatic rings. The van der Waals surface area contributed by atoms with Gasteiger partial charge in [0, 0.05) is 25.2 Å². The van der Waals surface area contributed by atoms with Gasteiger partial charge in [0.1, 0.15) is 0 Å². The number of benzene rings is 2. The third-order valence-electron chi connectivity index (χ3n) is 5.34. The van der Waals surface area contributed by atoms with Crippen molar-refractivity contribution in [3.05, 3.63) is 66.0 Å². The lowest BCUT2D eigenvalue weighted by atomic mass is 9.96. The van der Waals surface area contributed by atoms with Gasteiger partial charge in [-0.3, -0.25) is 4.79 Å². The Balaban J connectivity index is 1.36. The lowest BCUT2D eigenvalue weighted by Gasteiger charge is -2.32. The van der Waals surface area contributed by atoms with Crippen LogP contribution in [-0.2, 0) is 12.7 Å². The van der Waals surface area contributed by atoms with Crippen LogP contribution in [-0.4, -0.2) is 33.4 Å². The first-order chi connectivity index (χ1) is 13.4. The number of likely N-dealkylation sites (tertiary alicyclic amines) is 1. The van der Waals surface area contributed by atoms with Crippen molar-refractivity contribution >= 4 is 16.9 Å². The van der Waals surface area contributed by atoms with E-state index in [2.05, 4.69) is 9.55 Å². The fourth-order valence-electron chi connectivity index (χ4n) is 3.74. The Labute approximate surface area is 160 Å². The van der Waals surface area contributed by atoms with E-state index in [1.807, 2.05) is 30.6 Å². The van der Waals surface area contributed by atoms with E-state index in [0.29, 0.717) is 24.6 Å². The molecule has 1 fully saturated rings. The number of fused-ring (bicyclic) bond motifs is 1. The van der Waals surface area contributed by atoms with Crippen LogP contribution in [0.15, 0.2) is 54.9 Å². The van der Waals surface area contributed by atoms with Gasteiger partial charge in [0.15, 0.2) is 0 Å². The van der Waals surface area contributed by atoms with Crippen LogP contribution in [0.3, 0.4) is 0 Å². The van der Waals surface area contributed by atoms with Gasteiger partial charge < -0.3 is 9.47 Å². The smallest absolute Gasteiger partial charge is 0.339 e. The molecule has 1 saturated heterocycles. The highest BCUT2D eigenvalue weighted by atomic mass is 19.4. The molecule has 1 aliphatic heterocycles. The summed E-state index contributed by atoms with van der Waals surface area (Å²) in [7, 11) is 0. The van der Waals surface area contributed by atoms with Gasteiger partial charge in [-0.1, -0.05) is 12.1 Å². The minimum absolute atomic E-state index is 0.208. The Bertz CT molecular complexity index is 970. The quantitative estimate of drug-likeness (QED) is 0.658. The number of aromatic nitrogens is 2. The summed E-state index contributed by atoms with van der Waals surface area (Å²) in [5, 5.41) is 0. The molecule has 0 atom stereocenters. The number of rotatable bonds is 3. The lowest BCUT2D eigenvalue weighted by Crippen LogP contribution is -2.39. The lowest BCUT2D eigenvalue weighted by molar-refractivity contribution is -0.137. The molecule has 28 heavy (non-hydrogen) atoms. The van der Waals surface area contributed by atoms with Crippen molar-refractivity contribution in [1.82, 2.24) is 14.5 Å². The molecule has 4 nitrogen and oxygen atoms in total. The standard InChI is InChI=1S/C21H20F3N3O/c22-21(23,24)17-7-5-16(6-8-17)20(28)26-11-9-15(10-12-26)13-27-14-25-18-3-1-2-4-19(18)27/h1-8,14-15H,9-13H2. The van der Waals surface area contributed by atoms with E-state index in [0.717, 1.165) is 42.6 Å². The van der Waals surface area contributed by atoms with Gasteiger partial charge in [-0.05, 0) is 55.2 Å². The molecule has 1 aromatic heterocycles. The van der Waals surface area contributed by atoms with Crippen LogP contribution in [0.25, 0.3) is 11.0 Å². The summed E-state index contributed by atoms with van der Waals surface area (Å²) in [6.07, 6.45) is -0.820. The molecule has 3 aromatic rings. The first kappa shape index (κ1) is 18.5. The molecular formula is C21H20F3N3O. The second-order valence-corrected chi connectivity index (χ2v) is 7.20. The third kappa shape index (κ3) is 3.74. The summed E-state index contributed by atoms with van der Waals surface area (Å²) < 4.78 is 40.2. The Morgan fingerprint density at radius 3 is 2.39 bits per heavy atom. The van der Waals surface area contributed by atoms with Gasteiger partial charge >= 0.3 is 6.18 Å². The normalized spacial score (nSPS) is 15.9. The number of amides is 1. The average molecular weight is 387 g/mol. The van der Waals surface area contributed by atoms with Crippen molar-refractivity contribution in [3.63, 3.8) is 0 Å². The van der Waals surface area contributed by atoms with Crippen LogP contribution >= 0.6 is 0 Å². The van der Waals surface area contributed by atoms with Crippen LogP contribution < -0.4 is 0 Å². The average Bonchev–Trinajstić information content (AvgIpc) is 3.10. The Hall–Kier alpha value is -2.83. The van der Waals surface area contributed by atoms with Gasteiger partial charge in [-0.2, -0.15) is 13.2 Å². The zero-order valence-corrected chi connectivity index (χ0v) is 15.2. The SMILES string of the molecule is O=C(c1ccc(C(F)(F)F)cc1)N1CCC(Cn2cnc3ccccc32)CC1. The Kier molecular flexibility index (Phi) is 4.83. The van der Waals surface area contributed by atoms with Gasteiger partial charge in [-0.15, -0.1) is 0 Å². The first-order valence-corrected chi connectivity index (χ1v) is 9.28. The number of halogens is 3. The summed E-state index contributed by atoms with van der Waals surface area (Å²) in [6.45, 7) is 2.07. The van der Waals surface area contributed by atoms with Crippen molar-refractivity contribution < 1.29 is 18.0 Å². The molecule has 0 N–H and O–H groups in total. The molecule has 1 amide bonds. The van der Waals surface area contributed by atoms with Crippen LogP contribution in [0.1, 0.15) is 28.8 Å². The van der Waals surface area contributed by atoms with E-state index >= 15 is 0 Å². The van der Waals surface area contributed by atoms with Crippen LogP contribution in [0.5, 0.6) is 0 Å². The molecule has 0 aliphatic carbocycles. The zero-order chi connectivity index (χ0) is 19.7. The molecule has 0 radical (unpaired) electrons. The molecule has 0 spiro atoms. The summed E-state index contributed by atoms with van der Waals surface area (Å²) in [5.41, 5.74) is 1.63. The highest BCUT2D eigenvalue weighted by molar-refractivity contribution is 5.94. The Morgan fingerprint density at radius 2 is 1.71 bits per heavy atom. The van der Waals surface area contributed by atoms with Crippen LogP contribution in [0, 0.1) is 5.92 Å². The third-order valence-corrected chi connectivity index (χ3v) is 5.34. The molecule has 7 heteroatoms. The number of carbonyl (C=O) groups excluding carboxylic acids is 1. The molecule has 0 bridgehead atoms. The number of para-hydroxylation sites is 2. The maximum atomic E-state index is 12.7. The number of piperidine rings is 1. The summed E-state index contributed by atoms with van der Waals surface area (Å²) in [5.74, 6) is 0.231. The van der Waals surface area contributed by atoms with Crippen molar-refractivity contribution in [2.24, 2.45) is 5.92 Å². The largest absolute Gasteiger partial charge is 0.416 e. The summed E-state index contributed by atoms with van der Waals surface area (Å²) in [6, 6.07) is 12.4. The molecular weight excluding hydrogens is 367 g/mol. The number of alkyl halides is 3. The second kappa shape index (κ2) is 7.30. The number of hydrogen-bond acceptors (Lipinski definition) is 2. The zero-order valence-electron chi connectivity index (χ0n) is 15.2. The van der Waals surface area contributed by atoms with E-state index in [1.165, 1.54) is 12.1 Å². The van der Waals surface area contributed by atoms with E-state index in [1.54, 1.807) is 4.90 Å². The van der Waals surface area contributed by atoms with Gasteiger partial charge in [0.25, 0.3) is 5.91 Å². The molecule has 0 saturated carbocycles. The molecule has 2 aromatic carbocycles. The van der Waals surface area contributed by atoms with E-state index < -0.39 is 11.7 Å².